The highest BCUT2D eigenvalue weighted by atomic mass is 14.7. The van der Waals surface area contributed by atoms with Crippen LogP contribution in [0.25, 0.3) is 17.0 Å². The molecule has 2 aromatic rings. The quantitative estimate of drug-likeness (QED) is 0.463. The van der Waals surface area contributed by atoms with E-state index in [2.05, 4.69) is 4.85 Å². The number of hydrogen-bond acceptors (Lipinski definition) is 1. The van der Waals surface area contributed by atoms with Crippen LogP contribution in [0.3, 0.4) is 0 Å². The van der Waals surface area contributed by atoms with Crippen LogP contribution in [-0.2, 0) is 0 Å². The van der Waals surface area contributed by atoms with E-state index >= 15 is 0 Å². The highest BCUT2D eigenvalue weighted by Crippen LogP contribution is 2.24. The van der Waals surface area contributed by atoms with Crippen LogP contribution in [0.1, 0.15) is 11.1 Å². The summed E-state index contributed by atoms with van der Waals surface area (Å²) < 4.78 is 0. The van der Waals surface area contributed by atoms with E-state index in [4.69, 9.17) is 12.3 Å². The largest absolute Gasteiger partial charge is 0.400 e. The maximum absolute atomic E-state index is 7.10. The highest BCUT2D eigenvalue weighted by Gasteiger charge is 1.98. The van der Waals surface area contributed by atoms with E-state index < -0.39 is 0 Å². The standard InChI is InChI=1S/C15H12N2/c1-17-15-11-14(16)10-9-13(15)8-7-12-5-3-2-4-6-12/h2-11H,16H2. The van der Waals surface area contributed by atoms with Crippen molar-refractivity contribution in [2.75, 3.05) is 5.73 Å². The summed E-state index contributed by atoms with van der Waals surface area (Å²) in [6.45, 7) is 7.10. The van der Waals surface area contributed by atoms with Gasteiger partial charge in [-0.05, 0) is 23.3 Å². The van der Waals surface area contributed by atoms with E-state index in [1.54, 1.807) is 12.1 Å². The Bertz CT molecular complexity index is 578. The number of hydrogen-bond donors (Lipinski definition) is 1. The fourth-order valence-electron chi connectivity index (χ4n) is 1.55. The zero-order chi connectivity index (χ0) is 12.1. The molecule has 0 atom stereocenters. The minimum atomic E-state index is 0.581. The van der Waals surface area contributed by atoms with Crippen LogP contribution in [0.2, 0.25) is 0 Å². The second kappa shape index (κ2) is 5.00. The summed E-state index contributed by atoms with van der Waals surface area (Å²) in [4.78, 5) is 3.46. The Morgan fingerprint density at radius 1 is 1.00 bits per heavy atom. The molecule has 2 aromatic carbocycles. The van der Waals surface area contributed by atoms with Gasteiger partial charge in [0.15, 0.2) is 5.69 Å². The molecule has 0 bridgehead atoms. The van der Waals surface area contributed by atoms with E-state index in [9.17, 15) is 0 Å². The first-order chi connectivity index (χ1) is 8.29. The van der Waals surface area contributed by atoms with Gasteiger partial charge in [-0.15, -0.1) is 0 Å². The summed E-state index contributed by atoms with van der Waals surface area (Å²) in [6.07, 6.45) is 3.92. The molecule has 2 nitrogen and oxygen atoms in total. The number of rotatable bonds is 2. The molecule has 2 rings (SSSR count). The molecule has 17 heavy (non-hydrogen) atoms. The van der Waals surface area contributed by atoms with Gasteiger partial charge >= 0.3 is 0 Å². The molecule has 82 valence electrons. The minimum Gasteiger partial charge on any atom is -0.400 e. The Kier molecular flexibility index (Phi) is 3.23. The van der Waals surface area contributed by atoms with Crippen molar-refractivity contribution in [3.63, 3.8) is 0 Å². The van der Waals surface area contributed by atoms with Gasteiger partial charge in [-0.3, -0.25) is 0 Å². The maximum atomic E-state index is 7.10. The van der Waals surface area contributed by atoms with Gasteiger partial charge in [-0.2, -0.15) is 0 Å². The van der Waals surface area contributed by atoms with Crippen molar-refractivity contribution in [3.05, 3.63) is 71.1 Å². The maximum Gasteiger partial charge on any atom is 0.196 e. The number of nitrogens with two attached hydrogens (primary N) is 1. The van der Waals surface area contributed by atoms with Crippen LogP contribution < -0.4 is 5.73 Å². The third kappa shape index (κ3) is 2.73. The van der Waals surface area contributed by atoms with Crippen molar-refractivity contribution in [2.45, 2.75) is 0 Å². The summed E-state index contributed by atoms with van der Waals surface area (Å²) in [6, 6.07) is 15.3. The second-order valence-electron chi connectivity index (χ2n) is 3.67. The van der Waals surface area contributed by atoms with Crippen molar-refractivity contribution in [1.29, 1.82) is 0 Å². The molecule has 0 aliphatic rings. The molecular weight excluding hydrogens is 208 g/mol. The molecule has 0 spiro atoms. The lowest BCUT2D eigenvalue weighted by Gasteiger charge is -1.99. The summed E-state index contributed by atoms with van der Waals surface area (Å²) in [5.74, 6) is 0. The van der Waals surface area contributed by atoms with E-state index in [0.717, 1.165) is 11.1 Å². The van der Waals surface area contributed by atoms with Crippen LogP contribution in [0.5, 0.6) is 0 Å². The van der Waals surface area contributed by atoms with E-state index in [-0.39, 0.29) is 0 Å². The molecule has 0 saturated carbocycles. The number of nitrogens with zero attached hydrogens (tertiary/aromatic N) is 1. The second-order valence-corrected chi connectivity index (χ2v) is 3.67. The Hall–Kier alpha value is -2.53. The Labute approximate surface area is 101 Å². The van der Waals surface area contributed by atoms with Gasteiger partial charge in [0.25, 0.3) is 0 Å². The van der Waals surface area contributed by atoms with Crippen LogP contribution in [0, 0.1) is 6.57 Å². The van der Waals surface area contributed by atoms with Gasteiger partial charge < -0.3 is 5.73 Å². The zero-order valence-electron chi connectivity index (χ0n) is 9.30. The lowest BCUT2D eigenvalue weighted by atomic mass is 10.1. The van der Waals surface area contributed by atoms with Crippen molar-refractivity contribution in [1.82, 2.24) is 0 Å². The first kappa shape index (κ1) is 11.0. The molecule has 0 aromatic heterocycles. The highest BCUT2D eigenvalue weighted by molar-refractivity contribution is 5.78. The third-order valence-corrected chi connectivity index (χ3v) is 2.43. The number of nitrogen functional groups attached to an aromatic ring is 1. The van der Waals surface area contributed by atoms with Crippen molar-refractivity contribution < 1.29 is 0 Å². The van der Waals surface area contributed by atoms with Crippen LogP contribution in [0.15, 0.2) is 48.5 Å². The molecule has 0 unspecified atom stereocenters. The average molecular weight is 220 g/mol. The molecule has 2 heteroatoms. The Morgan fingerprint density at radius 2 is 1.76 bits per heavy atom. The average Bonchev–Trinajstić information content (AvgIpc) is 2.38. The van der Waals surface area contributed by atoms with Gasteiger partial charge in [0, 0.05) is 5.69 Å². The lowest BCUT2D eigenvalue weighted by Crippen LogP contribution is -1.83. The van der Waals surface area contributed by atoms with E-state index in [1.165, 1.54) is 0 Å². The van der Waals surface area contributed by atoms with Gasteiger partial charge in [0.05, 0.1) is 6.57 Å². The first-order valence-electron chi connectivity index (χ1n) is 5.30. The van der Waals surface area contributed by atoms with Crippen molar-refractivity contribution in [2.24, 2.45) is 0 Å². The topological polar surface area (TPSA) is 30.4 Å². The monoisotopic (exact) mass is 220 g/mol. The Morgan fingerprint density at radius 3 is 2.47 bits per heavy atom. The van der Waals surface area contributed by atoms with E-state index in [0.29, 0.717) is 11.4 Å². The predicted molar refractivity (Wildman–Crippen MR) is 72.5 cm³/mol. The summed E-state index contributed by atoms with van der Waals surface area (Å²) in [5.41, 5.74) is 8.84. The van der Waals surface area contributed by atoms with Gasteiger partial charge in [0.2, 0.25) is 0 Å². The third-order valence-electron chi connectivity index (χ3n) is 2.43. The fraction of sp³-hybridized carbons (Fsp3) is 0. The lowest BCUT2D eigenvalue weighted by molar-refractivity contribution is 1.64. The smallest absolute Gasteiger partial charge is 0.196 e. The van der Waals surface area contributed by atoms with Gasteiger partial charge in [0.1, 0.15) is 0 Å². The van der Waals surface area contributed by atoms with Crippen LogP contribution in [0.4, 0.5) is 11.4 Å². The molecule has 0 aliphatic carbocycles. The van der Waals surface area contributed by atoms with E-state index in [1.807, 2.05) is 48.6 Å². The molecule has 0 fully saturated rings. The minimum absolute atomic E-state index is 0.581. The molecular formula is C15H12N2. The van der Waals surface area contributed by atoms with Crippen LogP contribution in [-0.4, -0.2) is 0 Å². The SMILES string of the molecule is [C-]#[N+]c1cc(N)ccc1C=Cc1ccccc1. The summed E-state index contributed by atoms with van der Waals surface area (Å²) in [7, 11) is 0. The molecule has 0 amide bonds. The number of benzene rings is 2. The molecule has 0 saturated heterocycles. The summed E-state index contributed by atoms with van der Waals surface area (Å²) >= 11 is 0. The zero-order valence-corrected chi connectivity index (χ0v) is 9.30. The molecule has 0 radical (unpaired) electrons. The van der Waals surface area contributed by atoms with Crippen LogP contribution >= 0.6 is 0 Å². The molecule has 2 N–H and O–H groups in total. The predicted octanol–water partition coefficient (Wildman–Crippen LogP) is 3.99. The summed E-state index contributed by atoms with van der Waals surface area (Å²) in [5, 5.41) is 0. The fourth-order valence-corrected chi connectivity index (χ4v) is 1.55. The first-order valence-corrected chi connectivity index (χ1v) is 5.30. The molecule has 0 heterocycles. The van der Waals surface area contributed by atoms with Crippen molar-refractivity contribution in [3.8, 4) is 0 Å². The molecule has 0 aliphatic heterocycles. The number of anilines is 1. The normalized spacial score (nSPS) is 10.3. The Balaban J connectivity index is 2.31. The van der Waals surface area contributed by atoms with Crippen molar-refractivity contribution >= 4 is 23.5 Å². The van der Waals surface area contributed by atoms with Gasteiger partial charge in [-0.25, -0.2) is 4.85 Å². The van der Waals surface area contributed by atoms with Gasteiger partial charge in [-0.1, -0.05) is 48.6 Å².